The van der Waals surface area contributed by atoms with Gasteiger partial charge in [0.05, 0.1) is 10.4 Å². The van der Waals surface area contributed by atoms with Gasteiger partial charge in [0.15, 0.2) is 0 Å². The second-order valence-corrected chi connectivity index (χ2v) is 6.80. The molecule has 0 atom stereocenters. The Morgan fingerprint density at radius 3 is 2.70 bits per heavy atom. The number of aryl methyl sites for hydroxylation is 2. The van der Waals surface area contributed by atoms with Crippen molar-refractivity contribution in [2.24, 2.45) is 0 Å². The van der Waals surface area contributed by atoms with E-state index >= 15 is 0 Å². The van der Waals surface area contributed by atoms with E-state index in [0.717, 1.165) is 26.2 Å². The molecule has 1 aromatic carbocycles. The summed E-state index contributed by atoms with van der Waals surface area (Å²) in [5, 5.41) is 4.14. The molecule has 0 saturated heterocycles. The first-order chi connectivity index (χ1) is 9.56. The zero-order chi connectivity index (χ0) is 14.3. The molecule has 0 amide bonds. The van der Waals surface area contributed by atoms with Crippen LogP contribution in [-0.4, -0.2) is 5.16 Å². The van der Waals surface area contributed by atoms with Crippen molar-refractivity contribution in [1.29, 1.82) is 0 Å². The minimum atomic E-state index is 0.349. The largest absolute Gasteiger partial charge is 0.367 e. The summed E-state index contributed by atoms with van der Waals surface area (Å²) in [7, 11) is 0. The number of benzene rings is 1. The molecule has 2 heterocycles. The lowest BCUT2D eigenvalue weighted by molar-refractivity contribution is 0.439. The third-order valence-electron chi connectivity index (χ3n) is 3.23. The quantitative estimate of drug-likeness (QED) is 0.706. The van der Waals surface area contributed by atoms with Crippen molar-refractivity contribution in [3.8, 4) is 21.7 Å². The first kappa shape index (κ1) is 13.4. The lowest BCUT2D eigenvalue weighted by atomic mass is 10.0. The zero-order valence-electron chi connectivity index (χ0n) is 11.1. The molecular formula is C15H13BrN2OS. The molecule has 0 bridgehead atoms. The first-order valence-corrected chi connectivity index (χ1v) is 7.75. The van der Waals surface area contributed by atoms with Crippen LogP contribution in [0.5, 0.6) is 0 Å². The van der Waals surface area contributed by atoms with E-state index in [4.69, 9.17) is 10.3 Å². The topological polar surface area (TPSA) is 52.0 Å². The van der Waals surface area contributed by atoms with E-state index < -0.39 is 0 Å². The van der Waals surface area contributed by atoms with E-state index in [1.165, 1.54) is 10.4 Å². The van der Waals surface area contributed by atoms with Gasteiger partial charge in [-0.25, -0.2) is 0 Å². The standard InChI is InChI=1S/C15H13BrN2OS/c1-8-6-12(20-9(8)2)14-13(15(17)19-18-14)10-4-3-5-11(16)7-10/h3-7H,17H2,1-2H3. The molecule has 20 heavy (non-hydrogen) atoms. The predicted molar refractivity (Wildman–Crippen MR) is 86.8 cm³/mol. The fourth-order valence-electron chi connectivity index (χ4n) is 2.08. The smallest absolute Gasteiger partial charge is 0.230 e. The Labute approximate surface area is 129 Å². The molecule has 3 nitrogen and oxygen atoms in total. The summed E-state index contributed by atoms with van der Waals surface area (Å²) in [5.41, 5.74) is 9.88. The van der Waals surface area contributed by atoms with Crippen LogP contribution >= 0.6 is 27.3 Å². The van der Waals surface area contributed by atoms with Crippen molar-refractivity contribution < 1.29 is 4.52 Å². The van der Waals surface area contributed by atoms with Crippen molar-refractivity contribution in [3.05, 3.63) is 45.2 Å². The SMILES string of the molecule is Cc1cc(-c2noc(N)c2-c2cccc(Br)c2)sc1C. The number of nitrogens with two attached hydrogens (primary N) is 1. The highest BCUT2D eigenvalue weighted by molar-refractivity contribution is 9.10. The molecule has 2 N–H and O–H groups in total. The Bertz CT molecular complexity index is 757. The van der Waals surface area contributed by atoms with Crippen molar-refractivity contribution in [3.63, 3.8) is 0 Å². The van der Waals surface area contributed by atoms with Gasteiger partial charge in [0, 0.05) is 9.35 Å². The summed E-state index contributed by atoms with van der Waals surface area (Å²) in [5.74, 6) is 0.349. The van der Waals surface area contributed by atoms with Crippen molar-refractivity contribution in [2.45, 2.75) is 13.8 Å². The van der Waals surface area contributed by atoms with Crippen LogP contribution in [0.4, 0.5) is 5.88 Å². The summed E-state index contributed by atoms with van der Waals surface area (Å²) >= 11 is 5.18. The van der Waals surface area contributed by atoms with Gasteiger partial charge in [0.1, 0.15) is 5.69 Å². The normalized spacial score (nSPS) is 10.9. The minimum absolute atomic E-state index is 0.349. The number of hydrogen-bond donors (Lipinski definition) is 1. The molecule has 102 valence electrons. The molecule has 0 aliphatic carbocycles. The van der Waals surface area contributed by atoms with Crippen LogP contribution in [0.3, 0.4) is 0 Å². The Hall–Kier alpha value is -1.59. The zero-order valence-corrected chi connectivity index (χ0v) is 13.5. The maximum Gasteiger partial charge on any atom is 0.230 e. The van der Waals surface area contributed by atoms with Crippen LogP contribution in [0.1, 0.15) is 10.4 Å². The third kappa shape index (κ3) is 2.27. The van der Waals surface area contributed by atoms with Gasteiger partial charge in [-0.15, -0.1) is 11.3 Å². The molecule has 0 aliphatic rings. The van der Waals surface area contributed by atoms with Crippen molar-refractivity contribution >= 4 is 33.2 Å². The van der Waals surface area contributed by atoms with Crippen LogP contribution in [0.25, 0.3) is 21.7 Å². The van der Waals surface area contributed by atoms with Gasteiger partial charge in [0.2, 0.25) is 5.88 Å². The van der Waals surface area contributed by atoms with Crippen LogP contribution < -0.4 is 5.73 Å². The van der Waals surface area contributed by atoms with Crippen molar-refractivity contribution in [1.82, 2.24) is 5.16 Å². The number of halogens is 1. The van der Waals surface area contributed by atoms with Crippen LogP contribution in [0.15, 0.2) is 39.3 Å². The number of nitrogen functional groups attached to an aromatic ring is 1. The molecule has 0 unspecified atom stereocenters. The Kier molecular flexibility index (Phi) is 3.40. The predicted octanol–water partition coefficient (Wildman–Crippen LogP) is 5.03. The number of anilines is 1. The highest BCUT2D eigenvalue weighted by Gasteiger charge is 2.19. The summed E-state index contributed by atoms with van der Waals surface area (Å²) in [6, 6.07) is 10.1. The second kappa shape index (κ2) is 5.07. The lowest BCUT2D eigenvalue weighted by Gasteiger charge is -2.01. The van der Waals surface area contributed by atoms with E-state index in [1.54, 1.807) is 11.3 Å². The second-order valence-electron chi connectivity index (χ2n) is 4.63. The van der Waals surface area contributed by atoms with Gasteiger partial charge in [-0.05, 0) is 43.2 Å². The Balaban J connectivity index is 2.19. The minimum Gasteiger partial charge on any atom is -0.367 e. The molecule has 0 spiro atoms. The van der Waals surface area contributed by atoms with Gasteiger partial charge in [-0.2, -0.15) is 0 Å². The van der Waals surface area contributed by atoms with E-state index in [-0.39, 0.29) is 0 Å². The Morgan fingerprint density at radius 1 is 1.25 bits per heavy atom. The summed E-state index contributed by atoms with van der Waals surface area (Å²) < 4.78 is 6.21. The number of thiophene rings is 1. The summed E-state index contributed by atoms with van der Waals surface area (Å²) in [6.45, 7) is 4.20. The van der Waals surface area contributed by atoms with E-state index in [2.05, 4.69) is 41.0 Å². The average molecular weight is 349 g/mol. The van der Waals surface area contributed by atoms with Gasteiger partial charge in [0.25, 0.3) is 0 Å². The lowest BCUT2D eigenvalue weighted by Crippen LogP contribution is -1.86. The number of nitrogens with zero attached hydrogens (tertiary/aromatic N) is 1. The maximum atomic E-state index is 5.97. The third-order valence-corrected chi connectivity index (χ3v) is 4.88. The molecule has 0 fully saturated rings. The molecule has 0 aliphatic heterocycles. The van der Waals surface area contributed by atoms with Gasteiger partial charge in [-0.3, -0.25) is 0 Å². The average Bonchev–Trinajstić information content (AvgIpc) is 2.93. The summed E-state index contributed by atoms with van der Waals surface area (Å²) in [4.78, 5) is 2.36. The number of hydrogen-bond acceptors (Lipinski definition) is 4. The van der Waals surface area contributed by atoms with Crippen LogP contribution in [0, 0.1) is 13.8 Å². The highest BCUT2D eigenvalue weighted by Crippen LogP contribution is 2.40. The molecule has 0 saturated carbocycles. The fraction of sp³-hybridized carbons (Fsp3) is 0.133. The van der Waals surface area contributed by atoms with E-state index in [9.17, 15) is 0 Å². The van der Waals surface area contributed by atoms with Crippen LogP contribution in [0.2, 0.25) is 0 Å². The fourth-order valence-corrected chi connectivity index (χ4v) is 3.50. The molecule has 5 heteroatoms. The maximum absolute atomic E-state index is 5.97. The van der Waals surface area contributed by atoms with E-state index in [1.807, 2.05) is 24.3 Å². The molecular weight excluding hydrogens is 336 g/mol. The molecule has 2 aromatic heterocycles. The number of rotatable bonds is 2. The van der Waals surface area contributed by atoms with Gasteiger partial charge >= 0.3 is 0 Å². The summed E-state index contributed by atoms with van der Waals surface area (Å²) in [6.07, 6.45) is 0. The molecule has 3 rings (SSSR count). The number of aromatic nitrogens is 1. The highest BCUT2D eigenvalue weighted by atomic mass is 79.9. The van der Waals surface area contributed by atoms with E-state index in [0.29, 0.717) is 5.88 Å². The first-order valence-electron chi connectivity index (χ1n) is 6.14. The van der Waals surface area contributed by atoms with Crippen LogP contribution in [-0.2, 0) is 0 Å². The Morgan fingerprint density at radius 2 is 2.05 bits per heavy atom. The van der Waals surface area contributed by atoms with Crippen molar-refractivity contribution in [2.75, 3.05) is 5.73 Å². The van der Waals surface area contributed by atoms with Gasteiger partial charge in [-0.1, -0.05) is 33.2 Å². The van der Waals surface area contributed by atoms with Gasteiger partial charge < -0.3 is 10.3 Å². The molecule has 3 aromatic rings. The molecule has 0 radical (unpaired) electrons. The monoisotopic (exact) mass is 348 g/mol.